The van der Waals surface area contributed by atoms with E-state index in [0.29, 0.717) is 17.6 Å². The van der Waals surface area contributed by atoms with Crippen LogP contribution in [0.2, 0.25) is 0 Å². The predicted molar refractivity (Wildman–Crippen MR) is 280 cm³/mol. The predicted octanol–water partition coefficient (Wildman–Crippen LogP) is 15.7. The Morgan fingerprint density at radius 3 is 1.60 bits per heavy atom. The van der Waals surface area contributed by atoms with Crippen molar-refractivity contribution in [1.82, 2.24) is 19.5 Å². The van der Waals surface area contributed by atoms with Crippen molar-refractivity contribution in [2.45, 2.75) is 12.0 Å². The number of nitrogens with zero attached hydrogens (tertiary/aromatic N) is 5. The van der Waals surface area contributed by atoms with Crippen LogP contribution in [0.25, 0.3) is 95.0 Å². The average Bonchev–Trinajstić information content (AvgIpc) is 3.95. The van der Waals surface area contributed by atoms with E-state index < -0.39 is 0 Å². The fourth-order valence-electron chi connectivity index (χ4n) is 10.4. The smallest absolute Gasteiger partial charge is 0.238 e. The summed E-state index contributed by atoms with van der Waals surface area (Å²) in [6, 6.07) is 80.0. The molecule has 0 fully saturated rings. The van der Waals surface area contributed by atoms with Gasteiger partial charge in [-0.3, -0.25) is 4.57 Å². The summed E-state index contributed by atoms with van der Waals surface area (Å²) in [5.41, 5.74) is 16.7. The van der Waals surface area contributed by atoms with Gasteiger partial charge < -0.3 is 4.90 Å². The molecule has 3 heterocycles. The third-order valence-corrected chi connectivity index (χ3v) is 13.6. The van der Waals surface area contributed by atoms with Gasteiger partial charge in [0.15, 0.2) is 11.6 Å². The topological polar surface area (TPSA) is 46.8 Å². The van der Waals surface area contributed by atoms with Gasteiger partial charge in [-0.2, -0.15) is 9.97 Å². The summed E-state index contributed by atoms with van der Waals surface area (Å²) >= 11 is 0. The molecule has 320 valence electrons. The first-order valence-corrected chi connectivity index (χ1v) is 23.3. The molecule has 0 amide bonds. The summed E-state index contributed by atoms with van der Waals surface area (Å²) < 4.78 is 2.30. The van der Waals surface area contributed by atoms with Crippen LogP contribution < -0.4 is 4.90 Å². The summed E-state index contributed by atoms with van der Waals surface area (Å²) in [4.78, 5) is 18.7. The number of benzene rings is 9. The highest BCUT2D eigenvalue weighted by Gasteiger charge is 2.41. The quantitative estimate of drug-likeness (QED) is 0.153. The van der Waals surface area contributed by atoms with E-state index in [1.165, 1.54) is 27.8 Å². The summed E-state index contributed by atoms with van der Waals surface area (Å²) in [7, 11) is 0. The highest BCUT2D eigenvalue weighted by molar-refractivity contribution is 6.15. The zero-order chi connectivity index (χ0) is 45.0. The van der Waals surface area contributed by atoms with Gasteiger partial charge in [-0.1, -0.05) is 212 Å². The van der Waals surface area contributed by atoms with Crippen molar-refractivity contribution >= 4 is 33.2 Å². The molecule has 0 N–H and O–H groups in total. The minimum Gasteiger partial charge on any atom is -0.331 e. The van der Waals surface area contributed by atoms with Crippen molar-refractivity contribution in [3.63, 3.8) is 0 Å². The SMILES string of the molecule is C1=CC2c3ccc4c5ccccc5n(-c5nc(-c6ccccc6)nc(-c6cccc(-c7ccccc7)c6)n5)c4c3N(c3ccccc3-c3cc(-c4ccccc4)cc(-c4ccccc4)c3)C2C=C1. The minimum atomic E-state index is 0.0219. The maximum atomic E-state index is 5.46. The van der Waals surface area contributed by atoms with Crippen molar-refractivity contribution in [2.75, 3.05) is 4.90 Å². The number of anilines is 2. The first-order chi connectivity index (χ1) is 33.7. The molecule has 0 saturated carbocycles. The van der Waals surface area contributed by atoms with Crippen molar-refractivity contribution < 1.29 is 0 Å². The second-order valence-electron chi connectivity index (χ2n) is 17.6. The van der Waals surface area contributed by atoms with Gasteiger partial charge in [0.25, 0.3) is 0 Å². The molecule has 0 bridgehead atoms. The molecule has 0 spiro atoms. The average molecular weight is 870 g/mol. The number of rotatable bonds is 8. The molecule has 2 atom stereocenters. The van der Waals surface area contributed by atoms with E-state index in [9.17, 15) is 0 Å². The molecular formula is C63H43N5. The van der Waals surface area contributed by atoms with E-state index >= 15 is 0 Å². The number of fused-ring (bicyclic) bond motifs is 7. The van der Waals surface area contributed by atoms with E-state index in [2.05, 4.69) is 234 Å². The zero-order valence-corrected chi connectivity index (χ0v) is 37.1. The molecule has 0 radical (unpaired) electrons. The van der Waals surface area contributed by atoms with Crippen molar-refractivity contribution in [3.8, 4) is 73.2 Å². The highest BCUT2D eigenvalue weighted by atomic mass is 15.2. The number of aromatic nitrogens is 4. The Morgan fingerprint density at radius 2 is 0.897 bits per heavy atom. The molecule has 2 unspecified atom stereocenters. The lowest BCUT2D eigenvalue weighted by Gasteiger charge is -2.31. The van der Waals surface area contributed by atoms with Crippen molar-refractivity contribution in [1.29, 1.82) is 0 Å². The van der Waals surface area contributed by atoms with Gasteiger partial charge in [-0.05, 0) is 80.9 Å². The molecule has 1 aliphatic carbocycles. The third kappa shape index (κ3) is 6.75. The van der Waals surface area contributed by atoms with Gasteiger partial charge in [-0.15, -0.1) is 0 Å². The van der Waals surface area contributed by atoms with Gasteiger partial charge in [0.2, 0.25) is 5.95 Å². The van der Waals surface area contributed by atoms with Gasteiger partial charge in [0.05, 0.1) is 22.8 Å². The highest BCUT2D eigenvalue weighted by Crippen LogP contribution is 2.54. The van der Waals surface area contributed by atoms with E-state index in [-0.39, 0.29) is 12.0 Å². The molecule has 11 aromatic rings. The van der Waals surface area contributed by atoms with Gasteiger partial charge >= 0.3 is 0 Å². The zero-order valence-electron chi connectivity index (χ0n) is 37.1. The Balaban J connectivity index is 1.07. The molecule has 68 heavy (non-hydrogen) atoms. The summed E-state index contributed by atoms with van der Waals surface area (Å²) in [6.07, 6.45) is 9.13. The Bertz CT molecular complexity index is 3690. The van der Waals surface area contributed by atoms with Crippen LogP contribution in [0.5, 0.6) is 0 Å². The molecule has 5 heteroatoms. The minimum absolute atomic E-state index is 0.0219. The second-order valence-corrected chi connectivity index (χ2v) is 17.6. The number of para-hydroxylation sites is 2. The lowest BCUT2D eigenvalue weighted by Crippen LogP contribution is -2.29. The van der Waals surface area contributed by atoms with Crippen LogP contribution in [0.15, 0.2) is 249 Å². The summed E-state index contributed by atoms with van der Waals surface area (Å²) in [5, 5.41) is 2.28. The standard InChI is InChI=1S/C63H43N5/c1-5-20-42(21-6-1)46-28-19-29-47(38-46)62-64-61(45-26-11-4-12-27-45)65-63(66-62)68-58-35-18-15-32-53(58)55-37-36-54-52-31-14-17-34-57(52)67(59(54)60(55)68)56-33-16-13-30-51(56)50-40-48(43-22-7-2-8-23-43)39-49(41-50)44-24-9-3-10-25-44/h1-41,52,57H. The summed E-state index contributed by atoms with van der Waals surface area (Å²) in [6.45, 7) is 0. The first kappa shape index (κ1) is 39.4. The molecule has 0 saturated heterocycles. The maximum absolute atomic E-state index is 5.46. The Labute approximate surface area is 395 Å². The Hall–Kier alpha value is -8.93. The summed E-state index contributed by atoms with van der Waals surface area (Å²) in [5.74, 6) is 1.91. The molecule has 2 aromatic heterocycles. The van der Waals surface area contributed by atoms with Gasteiger partial charge in [0, 0.05) is 39.1 Å². The van der Waals surface area contributed by atoms with Gasteiger partial charge in [-0.25, -0.2) is 4.98 Å². The van der Waals surface area contributed by atoms with E-state index in [0.717, 1.165) is 66.6 Å². The number of hydrogen-bond acceptors (Lipinski definition) is 4. The van der Waals surface area contributed by atoms with Crippen LogP contribution in [0, 0.1) is 0 Å². The lowest BCUT2D eigenvalue weighted by molar-refractivity contribution is 0.745. The monoisotopic (exact) mass is 869 g/mol. The molecular weight excluding hydrogens is 827 g/mol. The fraction of sp³-hybridized carbons (Fsp3) is 0.0317. The Kier molecular flexibility index (Phi) is 9.57. The lowest BCUT2D eigenvalue weighted by atomic mass is 9.90. The second kappa shape index (κ2) is 16.5. The van der Waals surface area contributed by atoms with Crippen LogP contribution in [-0.2, 0) is 0 Å². The number of allylic oxidation sites excluding steroid dienone is 2. The molecule has 9 aromatic carbocycles. The van der Waals surface area contributed by atoms with E-state index in [1.54, 1.807) is 0 Å². The Morgan fingerprint density at radius 1 is 0.368 bits per heavy atom. The van der Waals surface area contributed by atoms with Crippen LogP contribution in [0.3, 0.4) is 0 Å². The molecule has 1 aliphatic heterocycles. The maximum Gasteiger partial charge on any atom is 0.238 e. The van der Waals surface area contributed by atoms with Crippen LogP contribution >= 0.6 is 0 Å². The van der Waals surface area contributed by atoms with Crippen molar-refractivity contribution in [2.24, 2.45) is 0 Å². The molecule has 2 aliphatic rings. The van der Waals surface area contributed by atoms with Crippen molar-refractivity contribution in [3.05, 3.63) is 254 Å². The van der Waals surface area contributed by atoms with Crippen LogP contribution in [0.4, 0.5) is 11.4 Å². The van der Waals surface area contributed by atoms with Crippen LogP contribution in [-0.4, -0.2) is 25.6 Å². The van der Waals surface area contributed by atoms with E-state index in [1.807, 2.05) is 24.3 Å². The van der Waals surface area contributed by atoms with Gasteiger partial charge in [0.1, 0.15) is 0 Å². The fourth-order valence-corrected chi connectivity index (χ4v) is 10.4. The van der Waals surface area contributed by atoms with Crippen LogP contribution in [0.1, 0.15) is 11.5 Å². The number of hydrogen-bond donors (Lipinski definition) is 0. The largest absolute Gasteiger partial charge is 0.331 e. The first-order valence-electron chi connectivity index (χ1n) is 23.3. The normalized spacial score (nSPS) is 14.9. The molecule has 5 nitrogen and oxygen atoms in total. The molecule has 13 rings (SSSR count). The third-order valence-electron chi connectivity index (χ3n) is 13.6. The van der Waals surface area contributed by atoms with E-state index in [4.69, 9.17) is 15.0 Å².